The zero-order valence-corrected chi connectivity index (χ0v) is 9.76. The Morgan fingerprint density at radius 1 is 1.18 bits per heavy atom. The predicted octanol–water partition coefficient (Wildman–Crippen LogP) is 2.84. The average Bonchev–Trinajstić information content (AvgIpc) is 3.00. The molecule has 0 aliphatic carbocycles. The van der Waals surface area contributed by atoms with E-state index < -0.39 is 0 Å². The van der Waals surface area contributed by atoms with Gasteiger partial charge >= 0.3 is 0 Å². The van der Waals surface area contributed by atoms with Crippen LogP contribution in [0.25, 0.3) is 10.9 Å². The summed E-state index contributed by atoms with van der Waals surface area (Å²) >= 11 is 0. The van der Waals surface area contributed by atoms with E-state index in [2.05, 4.69) is 40.8 Å². The zero-order valence-electron chi connectivity index (χ0n) is 9.76. The summed E-state index contributed by atoms with van der Waals surface area (Å²) in [5, 5.41) is 4.97. The maximum Gasteiger partial charge on any atom is 0.0702 e. The zero-order chi connectivity index (χ0) is 11.2. The van der Waals surface area contributed by atoms with E-state index in [4.69, 9.17) is 0 Å². The summed E-state index contributed by atoms with van der Waals surface area (Å²) in [7, 11) is 0. The van der Waals surface area contributed by atoms with Crippen LogP contribution in [0, 0.1) is 0 Å². The van der Waals surface area contributed by atoms with E-state index in [9.17, 15) is 0 Å². The standard InChI is InChI=1S/C15H16N2/c1-2-4-14-10(3-1)7-11(9-16-14)13-8-12-5-6-15(13)17-12/h1-4,7,9,12-13,15,17H,5-6,8H2. The van der Waals surface area contributed by atoms with Crippen LogP contribution in [-0.2, 0) is 0 Å². The third kappa shape index (κ3) is 1.48. The van der Waals surface area contributed by atoms with Crippen molar-refractivity contribution < 1.29 is 0 Å². The smallest absolute Gasteiger partial charge is 0.0702 e. The van der Waals surface area contributed by atoms with Crippen LogP contribution in [0.15, 0.2) is 36.5 Å². The lowest BCUT2D eigenvalue weighted by molar-refractivity contribution is 0.506. The van der Waals surface area contributed by atoms with Gasteiger partial charge in [0.2, 0.25) is 0 Å². The fraction of sp³-hybridized carbons (Fsp3) is 0.400. The molecule has 0 radical (unpaired) electrons. The maximum absolute atomic E-state index is 4.58. The molecule has 2 aliphatic heterocycles. The third-order valence-electron chi connectivity index (χ3n) is 4.34. The monoisotopic (exact) mass is 224 g/mol. The number of rotatable bonds is 1. The van der Waals surface area contributed by atoms with E-state index in [1.165, 1.54) is 30.2 Å². The van der Waals surface area contributed by atoms with Crippen molar-refractivity contribution >= 4 is 10.9 Å². The molecule has 1 aromatic carbocycles. The van der Waals surface area contributed by atoms with Gasteiger partial charge in [0.1, 0.15) is 0 Å². The van der Waals surface area contributed by atoms with Crippen LogP contribution in [0.5, 0.6) is 0 Å². The molecule has 1 N–H and O–H groups in total. The van der Waals surface area contributed by atoms with E-state index in [-0.39, 0.29) is 0 Å². The van der Waals surface area contributed by atoms with Gasteiger partial charge < -0.3 is 5.32 Å². The Balaban J connectivity index is 1.76. The minimum atomic E-state index is 0.686. The molecule has 86 valence electrons. The number of para-hydroxylation sites is 1. The quantitative estimate of drug-likeness (QED) is 0.805. The van der Waals surface area contributed by atoms with Gasteiger partial charge in [-0.05, 0) is 37.0 Å². The molecule has 0 amide bonds. The normalized spacial score (nSPS) is 31.2. The topological polar surface area (TPSA) is 24.9 Å². The first-order valence-corrected chi connectivity index (χ1v) is 6.51. The van der Waals surface area contributed by atoms with E-state index >= 15 is 0 Å². The largest absolute Gasteiger partial charge is 0.311 e. The van der Waals surface area contributed by atoms with Gasteiger partial charge in [-0.1, -0.05) is 18.2 Å². The summed E-state index contributed by atoms with van der Waals surface area (Å²) in [4.78, 5) is 4.58. The van der Waals surface area contributed by atoms with Crippen molar-refractivity contribution in [2.75, 3.05) is 0 Å². The Morgan fingerprint density at radius 2 is 2.12 bits per heavy atom. The number of nitrogens with zero attached hydrogens (tertiary/aromatic N) is 1. The lowest BCUT2D eigenvalue weighted by Gasteiger charge is -2.20. The van der Waals surface area contributed by atoms with Crippen molar-refractivity contribution in [3.63, 3.8) is 0 Å². The highest BCUT2D eigenvalue weighted by molar-refractivity contribution is 5.78. The molecule has 17 heavy (non-hydrogen) atoms. The molecule has 2 fully saturated rings. The Hall–Kier alpha value is -1.41. The second-order valence-electron chi connectivity index (χ2n) is 5.35. The first-order chi connectivity index (χ1) is 8.40. The Kier molecular flexibility index (Phi) is 2.00. The van der Waals surface area contributed by atoms with Crippen LogP contribution >= 0.6 is 0 Å². The molecule has 2 aromatic rings. The highest BCUT2D eigenvalue weighted by Crippen LogP contribution is 2.40. The van der Waals surface area contributed by atoms with Crippen molar-refractivity contribution in [3.8, 4) is 0 Å². The van der Waals surface area contributed by atoms with Crippen LogP contribution < -0.4 is 5.32 Å². The highest BCUT2D eigenvalue weighted by Gasteiger charge is 2.39. The Labute approximate surface area is 101 Å². The fourth-order valence-corrected chi connectivity index (χ4v) is 3.48. The molecule has 1 aromatic heterocycles. The summed E-state index contributed by atoms with van der Waals surface area (Å²) < 4.78 is 0. The molecule has 3 atom stereocenters. The molecular formula is C15H16N2. The summed E-state index contributed by atoms with van der Waals surface area (Å²) in [6.45, 7) is 0. The second-order valence-corrected chi connectivity index (χ2v) is 5.35. The van der Waals surface area contributed by atoms with Gasteiger partial charge in [-0.25, -0.2) is 0 Å². The number of aromatic nitrogens is 1. The summed E-state index contributed by atoms with van der Waals surface area (Å²) in [6, 6.07) is 12.2. The minimum Gasteiger partial charge on any atom is -0.311 e. The fourth-order valence-electron chi connectivity index (χ4n) is 3.48. The van der Waals surface area contributed by atoms with Gasteiger partial charge in [0, 0.05) is 29.6 Å². The third-order valence-corrected chi connectivity index (χ3v) is 4.34. The lowest BCUT2D eigenvalue weighted by Crippen LogP contribution is -2.21. The molecule has 2 bridgehead atoms. The van der Waals surface area contributed by atoms with Crippen LogP contribution in [0.4, 0.5) is 0 Å². The van der Waals surface area contributed by atoms with E-state index in [1.807, 2.05) is 6.07 Å². The highest BCUT2D eigenvalue weighted by atomic mass is 15.0. The van der Waals surface area contributed by atoms with Crippen LogP contribution in [0.1, 0.15) is 30.7 Å². The Bertz CT molecular complexity index is 564. The van der Waals surface area contributed by atoms with Crippen molar-refractivity contribution in [3.05, 3.63) is 42.1 Å². The second kappa shape index (κ2) is 3.54. The lowest BCUT2D eigenvalue weighted by atomic mass is 9.84. The molecule has 4 rings (SSSR count). The van der Waals surface area contributed by atoms with Crippen molar-refractivity contribution in [1.29, 1.82) is 0 Å². The van der Waals surface area contributed by atoms with Gasteiger partial charge in [0.05, 0.1) is 5.52 Å². The van der Waals surface area contributed by atoms with Crippen LogP contribution in [0.2, 0.25) is 0 Å². The summed E-state index contributed by atoms with van der Waals surface area (Å²) in [6.07, 6.45) is 6.07. The number of hydrogen-bond donors (Lipinski definition) is 1. The number of hydrogen-bond acceptors (Lipinski definition) is 2. The SMILES string of the molecule is c1ccc2ncc(C3CC4CCC3N4)cc2c1. The molecule has 2 saturated heterocycles. The Morgan fingerprint density at radius 3 is 2.94 bits per heavy atom. The molecule has 0 saturated carbocycles. The molecular weight excluding hydrogens is 208 g/mol. The number of nitrogens with one attached hydrogen (secondary N) is 1. The number of fused-ring (bicyclic) bond motifs is 3. The predicted molar refractivity (Wildman–Crippen MR) is 69.0 cm³/mol. The van der Waals surface area contributed by atoms with E-state index in [0.717, 1.165) is 11.6 Å². The minimum absolute atomic E-state index is 0.686. The van der Waals surface area contributed by atoms with Gasteiger partial charge in [-0.2, -0.15) is 0 Å². The molecule has 3 heterocycles. The average molecular weight is 224 g/mol. The van der Waals surface area contributed by atoms with Crippen LogP contribution in [-0.4, -0.2) is 17.1 Å². The summed E-state index contributed by atoms with van der Waals surface area (Å²) in [5.41, 5.74) is 2.52. The van der Waals surface area contributed by atoms with Crippen molar-refractivity contribution in [2.45, 2.75) is 37.3 Å². The molecule has 3 unspecified atom stereocenters. The van der Waals surface area contributed by atoms with Crippen molar-refractivity contribution in [2.24, 2.45) is 0 Å². The van der Waals surface area contributed by atoms with Gasteiger partial charge in [-0.3, -0.25) is 4.98 Å². The number of benzene rings is 1. The van der Waals surface area contributed by atoms with E-state index in [1.54, 1.807) is 0 Å². The van der Waals surface area contributed by atoms with Gasteiger partial charge in [0.15, 0.2) is 0 Å². The van der Waals surface area contributed by atoms with Gasteiger partial charge in [-0.15, -0.1) is 0 Å². The first kappa shape index (κ1) is 9.60. The summed E-state index contributed by atoms with van der Waals surface area (Å²) in [5.74, 6) is 0.686. The van der Waals surface area contributed by atoms with Crippen LogP contribution in [0.3, 0.4) is 0 Å². The molecule has 0 spiro atoms. The van der Waals surface area contributed by atoms with Crippen molar-refractivity contribution in [1.82, 2.24) is 10.3 Å². The van der Waals surface area contributed by atoms with Gasteiger partial charge in [0.25, 0.3) is 0 Å². The maximum atomic E-state index is 4.58. The van der Waals surface area contributed by atoms with E-state index in [0.29, 0.717) is 12.0 Å². The first-order valence-electron chi connectivity index (χ1n) is 6.51. The molecule has 2 nitrogen and oxygen atoms in total. The molecule has 2 aliphatic rings. The number of pyridine rings is 1. The molecule has 2 heteroatoms.